The molecule has 2 nitrogen and oxygen atoms in total. The molecule has 93 valence electrons. The van der Waals surface area contributed by atoms with Gasteiger partial charge < -0.3 is 10.1 Å². The summed E-state index contributed by atoms with van der Waals surface area (Å²) in [5.74, 6) is 0. The molecule has 0 saturated carbocycles. The summed E-state index contributed by atoms with van der Waals surface area (Å²) in [5.41, 5.74) is 3.76. The van der Waals surface area contributed by atoms with E-state index in [1.165, 1.54) is 16.7 Å². The van der Waals surface area contributed by atoms with Crippen LogP contribution in [0.2, 0.25) is 0 Å². The molecule has 0 spiro atoms. The van der Waals surface area contributed by atoms with Gasteiger partial charge in [0.2, 0.25) is 0 Å². The van der Waals surface area contributed by atoms with Gasteiger partial charge in [-0.15, -0.1) is 0 Å². The summed E-state index contributed by atoms with van der Waals surface area (Å²) in [6.45, 7) is 2.49. The molecule has 0 saturated heterocycles. The first-order chi connectivity index (χ1) is 8.90. The van der Waals surface area contributed by atoms with Crippen molar-refractivity contribution >= 4 is 0 Å². The van der Waals surface area contributed by atoms with Gasteiger partial charge in [0.15, 0.2) is 0 Å². The van der Waals surface area contributed by atoms with Gasteiger partial charge in [0.05, 0.1) is 6.61 Å². The zero-order chi connectivity index (χ0) is 12.6. The van der Waals surface area contributed by atoms with Gasteiger partial charge in [0, 0.05) is 20.2 Å². The van der Waals surface area contributed by atoms with Crippen LogP contribution in [0.15, 0.2) is 48.5 Å². The van der Waals surface area contributed by atoms with Crippen molar-refractivity contribution < 1.29 is 4.74 Å². The van der Waals surface area contributed by atoms with E-state index < -0.39 is 0 Å². The van der Waals surface area contributed by atoms with Crippen LogP contribution in [-0.2, 0) is 11.3 Å². The predicted octanol–water partition coefficient (Wildman–Crippen LogP) is 2.89. The summed E-state index contributed by atoms with van der Waals surface area (Å²) < 4.78 is 5.01. The number of hydrogen-bond donors (Lipinski definition) is 1. The van der Waals surface area contributed by atoms with Crippen LogP contribution in [0.4, 0.5) is 0 Å². The van der Waals surface area contributed by atoms with Gasteiger partial charge >= 0.3 is 0 Å². The minimum absolute atomic E-state index is 0.744. The Bertz CT molecular complexity index is 468. The third kappa shape index (κ3) is 3.69. The summed E-state index contributed by atoms with van der Waals surface area (Å²) in [6.07, 6.45) is 0. The Hall–Kier alpha value is -1.64. The fourth-order valence-corrected chi connectivity index (χ4v) is 1.85. The van der Waals surface area contributed by atoms with Gasteiger partial charge in [-0.25, -0.2) is 0 Å². The molecule has 2 heteroatoms. The summed E-state index contributed by atoms with van der Waals surface area (Å²) in [6, 6.07) is 19.7. The van der Waals surface area contributed by atoms with Crippen LogP contribution in [0.3, 0.4) is 0 Å². The topological polar surface area (TPSA) is 21.3 Å². The standard InChI is InChI=1S/C16H18NO/c1-18-11-10-17-13-14-6-5-9-16(12-14)15-7-3-2-4-8-15/h3-9,12,17H,10-11,13H2,1H3. The molecule has 0 amide bonds. The van der Waals surface area contributed by atoms with E-state index in [4.69, 9.17) is 4.74 Å². The fourth-order valence-electron chi connectivity index (χ4n) is 1.85. The van der Waals surface area contributed by atoms with E-state index in [2.05, 4.69) is 47.8 Å². The van der Waals surface area contributed by atoms with Crippen molar-refractivity contribution in [3.05, 3.63) is 60.2 Å². The molecule has 0 aliphatic rings. The Balaban J connectivity index is 2.02. The monoisotopic (exact) mass is 240 g/mol. The SMILES string of the molecule is COCCNCc1cccc(-c2cc[c]cc2)c1. The largest absolute Gasteiger partial charge is 0.383 e. The number of hydrogen-bond acceptors (Lipinski definition) is 2. The van der Waals surface area contributed by atoms with Crippen LogP contribution >= 0.6 is 0 Å². The number of nitrogens with one attached hydrogen (secondary N) is 1. The Labute approximate surface area is 109 Å². The second kappa shape index (κ2) is 6.94. The molecule has 0 atom stereocenters. The molecule has 0 bridgehead atoms. The quantitative estimate of drug-likeness (QED) is 0.784. The Morgan fingerprint density at radius 3 is 2.72 bits per heavy atom. The third-order valence-electron chi connectivity index (χ3n) is 2.79. The average molecular weight is 240 g/mol. The minimum atomic E-state index is 0.744. The van der Waals surface area contributed by atoms with E-state index in [0.29, 0.717) is 0 Å². The highest BCUT2D eigenvalue weighted by Gasteiger charge is 1.98. The first kappa shape index (κ1) is 12.8. The van der Waals surface area contributed by atoms with Crippen molar-refractivity contribution in [3.63, 3.8) is 0 Å². The Morgan fingerprint density at radius 2 is 1.94 bits per heavy atom. The van der Waals surface area contributed by atoms with E-state index in [0.717, 1.165) is 19.7 Å². The molecular weight excluding hydrogens is 222 g/mol. The van der Waals surface area contributed by atoms with Crippen molar-refractivity contribution in [2.24, 2.45) is 0 Å². The zero-order valence-electron chi connectivity index (χ0n) is 10.6. The molecule has 1 N–H and O–H groups in total. The third-order valence-corrected chi connectivity index (χ3v) is 2.79. The maximum atomic E-state index is 5.01. The molecule has 2 aromatic carbocycles. The van der Waals surface area contributed by atoms with E-state index >= 15 is 0 Å². The number of methoxy groups -OCH3 is 1. The van der Waals surface area contributed by atoms with Crippen LogP contribution in [0.25, 0.3) is 11.1 Å². The van der Waals surface area contributed by atoms with Crippen molar-refractivity contribution in [1.82, 2.24) is 5.32 Å². The van der Waals surface area contributed by atoms with E-state index in [-0.39, 0.29) is 0 Å². The van der Waals surface area contributed by atoms with Crippen molar-refractivity contribution in [2.75, 3.05) is 20.3 Å². The average Bonchev–Trinajstić information content (AvgIpc) is 2.45. The van der Waals surface area contributed by atoms with Crippen LogP contribution in [0.5, 0.6) is 0 Å². The first-order valence-corrected chi connectivity index (χ1v) is 6.15. The summed E-state index contributed by atoms with van der Waals surface area (Å²) in [7, 11) is 1.72. The van der Waals surface area contributed by atoms with Crippen LogP contribution in [0.1, 0.15) is 5.56 Å². The smallest absolute Gasteiger partial charge is 0.0587 e. The molecule has 0 heterocycles. The van der Waals surface area contributed by atoms with E-state index in [1.807, 2.05) is 12.1 Å². The Kier molecular flexibility index (Phi) is 4.94. The molecule has 0 unspecified atom stereocenters. The van der Waals surface area contributed by atoms with Crippen LogP contribution in [-0.4, -0.2) is 20.3 Å². The lowest BCUT2D eigenvalue weighted by atomic mass is 10.0. The maximum absolute atomic E-state index is 5.01. The van der Waals surface area contributed by atoms with Gasteiger partial charge in [0.25, 0.3) is 0 Å². The van der Waals surface area contributed by atoms with Crippen LogP contribution < -0.4 is 5.32 Å². The summed E-state index contributed by atoms with van der Waals surface area (Å²) in [4.78, 5) is 0. The molecule has 2 rings (SSSR count). The highest BCUT2D eigenvalue weighted by Crippen LogP contribution is 2.19. The van der Waals surface area contributed by atoms with E-state index in [1.54, 1.807) is 7.11 Å². The van der Waals surface area contributed by atoms with Gasteiger partial charge in [-0.05, 0) is 28.8 Å². The molecule has 0 aromatic heterocycles. The van der Waals surface area contributed by atoms with Crippen molar-refractivity contribution in [3.8, 4) is 11.1 Å². The predicted molar refractivity (Wildman–Crippen MR) is 74.3 cm³/mol. The summed E-state index contributed by atoms with van der Waals surface area (Å²) in [5, 5.41) is 3.35. The number of rotatable bonds is 6. The zero-order valence-corrected chi connectivity index (χ0v) is 10.6. The van der Waals surface area contributed by atoms with E-state index in [9.17, 15) is 0 Å². The highest BCUT2D eigenvalue weighted by molar-refractivity contribution is 5.63. The van der Waals surface area contributed by atoms with Gasteiger partial charge in [0.1, 0.15) is 0 Å². The molecular formula is C16H18NO. The second-order valence-corrected chi connectivity index (χ2v) is 4.16. The van der Waals surface area contributed by atoms with Crippen molar-refractivity contribution in [1.29, 1.82) is 0 Å². The molecule has 0 fully saturated rings. The van der Waals surface area contributed by atoms with Crippen molar-refractivity contribution in [2.45, 2.75) is 6.54 Å². The Morgan fingerprint density at radius 1 is 1.11 bits per heavy atom. The molecule has 1 radical (unpaired) electrons. The number of benzene rings is 2. The molecule has 18 heavy (non-hydrogen) atoms. The molecule has 0 aliphatic carbocycles. The minimum Gasteiger partial charge on any atom is -0.383 e. The fraction of sp³-hybridized carbons (Fsp3) is 0.250. The lowest BCUT2D eigenvalue weighted by Gasteiger charge is -2.07. The van der Waals surface area contributed by atoms with Gasteiger partial charge in [-0.1, -0.05) is 42.5 Å². The second-order valence-electron chi connectivity index (χ2n) is 4.16. The normalized spacial score (nSPS) is 10.5. The lowest BCUT2D eigenvalue weighted by Crippen LogP contribution is -2.18. The first-order valence-electron chi connectivity index (χ1n) is 6.15. The highest BCUT2D eigenvalue weighted by atomic mass is 16.5. The van der Waals surface area contributed by atoms with Crippen LogP contribution in [0, 0.1) is 6.07 Å². The number of ether oxygens (including phenoxy) is 1. The molecule has 0 aliphatic heterocycles. The lowest BCUT2D eigenvalue weighted by molar-refractivity contribution is 0.199. The summed E-state index contributed by atoms with van der Waals surface area (Å²) >= 11 is 0. The molecule has 2 aromatic rings. The van der Waals surface area contributed by atoms with Gasteiger partial charge in [-0.3, -0.25) is 0 Å². The van der Waals surface area contributed by atoms with Gasteiger partial charge in [-0.2, -0.15) is 0 Å². The maximum Gasteiger partial charge on any atom is 0.0587 e.